The van der Waals surface area contributed by atoms with Gasteiger partial charge in [-0.25, -0.2) is 9.89 Å². The number of carbonyl (C=O) groups excluding carboxylic acids is 2. The lowest BCUT2D eigenvalue weighted by Gasteiger charge is -2.25. The van der Waals surface area contributed by atoms with Gasteiger partial charge in [-0.1, -0.05) is 23.9 Å². The van der Waals surface area contributed by atoms with Gasteiger partial charge in [0.2, 0.25) is 5.91 Å². The molecule has 0 unspecified atom stereocenters. The first kappa shape index (κ1) is 20.0. The maximum absolute atomic E-state index is 12.6. The molecule has 2 aliphatic heterocycles. The number of para-hydroxylation sites is 1. The highest BCUT2D eigenvalue weighted by Gasteiger charge is 2.39. The SMILES string of the molecule is COc1cc(NC(=O)CSC2=Nc3ccccc3C3=N[C@H](C)C(=O)N23)cc(OC)c1. The van der Waals surface area contributed by atoms with Crippen LogP contribution in [0.1, 0.15) is 12.5 Å². The van der Waals surface area contributed by atoms with Crippen LogP contribution in [0.15, 0.2) is 52.4 Å². The van der Waals surface area contributed by atoms with Crippen molar-refractivity contribution in [3.8, 4) is 11.5 Å². The number of hydrogen-bond acceptors (Lipinski definition) is 7. The first-order chi connectivity index (χ1) is 14.5. The van der Waals surface area contributed by atoms with Gasteiger partial charge >= 0.3 is 0 Å². The predicted molar refractivity (Wildman–Crippen MR) is 117 cm³/mol. The molecule has 0 fully saturated rings. The number of thioether (sulfide) groups is 1. The first-order valence-electron chi connectivity index (χ1n) is 9.25. The molecule has 1 atom stereocenters. The lowest BCUT2D eigenvalue weighted by Crippen LogP contribution is -2.41. The third-order valence-corrected chi connectivity index (χ3v) is 5.56. The summed E-state index contributed by atoms with van der Waals surface area (Å²) in [6, 6.07) is 12.2. The van der Waals surface area contributed by atoms with Crippen LogP contribution in [-0.2, 0) is 9.59 Å². The Morgan fingerprint density at radius 3 is 2.57 bits per heavy atom. The number of ether oxygens (including phenoxy) is 2. The minimum Gasteiger partial charge on any atom is -0.497 e. The van der Waals surface area contributed by atoms with E-state index in [9.17, 15) is 9.59 Å². The number of hydrogen-bond donors (Lipinski definition) is 1. The molecule has 2 aliphatic rings. The number of anilines is 1. The van der Waals surface area contributed by atoms with Crippen LogP contribution < -0.4 is 14.8 Å². The van der Waals surface area contributed by atoms with Crippen molar-refractivity contribution < 1.29 is 19.1 Å². The van der Waals surface area contributed by atoms with E-state index in [-0.39, 0.29) is 17.6 Å². The molecule has 30 heavy (non-hydrogen) atoms. The summed E-state index contributed by atoms with van der Waals surface area (Å²) >= 11 is 1.19. The molecule has 9 heteroatoms. The van der Waals surface area contributed by atoms with Gasteiger partial charge in [-0.05, 0) is 19.1 Å². The number of nitrogens with one attached hydrogen (secondary N) is 1. The zero-order valence-corrected chi connectivity index (χ0v) is 17.5. The van der Waals surface area contributed by atoms with Gasteiger partial charge < -0.3 is 14.8 Å². The number of methoxy groups -OCH3 is 2. The number of rotatable bonds is 5. The Bertz CT molecular complexity index is 1060. The zero-order chi connectivity index (χ0) is 21.3. The van der Waals surface area contributed by atoms with Crippen LogP contribution in [0.3, 0.4) is 0 Å². The molecule has 0 bridgehead atoms. The molecule has 0 radical (unpaired) electrons. The first-order valence-corrected chi connectivity index (χ1v) is 10.2. The van der Waals surface area contributed by atoms with Crippen LogP contribution in [0.25, 0.3) is 0 Å². The van der Waals surface area contributed by atoms with Crippen LogP contribution in [0.2, 0.25) is 0 Å². The van der Waals surface area contributed by atoms with E-state index in [1.807, 2.05) is 24.3 Å². The Labute approximate surface area is 178 Å². The van der Waals surface area contributed by atoms with Crippen molar-refractivity contribution >= 4 is 46.0 Å². The van der Waals surface area contributed by atoms with Crippen molar-refractivity contribution in [1.82, 2.24) is 4.90 Å². The van der Waals surface area contributed by atoms with E-state index >= 15 is 0 Å². The summed E-state index contributed by atoms with van der Waals surface area (Å²) in [6.07, 6.45) is 0. The molecule has 0 spiro atoms. The molecule has 0 aliphatic carbocycles. The predicted octanol–water partition coefficient (Wildman–Crippen LogP) is 3.05. The minimum absolute atomic E-state index is 0.0754. The van der Waals surface area contributed by atoms with E-state index in [0.717, 1.165) is 11.3 Å². The highest BCUT2D eigenvalue weighted by molar-refractivity contribution is 8.14. The quantitative estimate of drug-likeness (QED) is 0.796. The zero-order valence-electron chi connectivity index (χ0n) is 16.7. The Balaban J connectivity index is 1.51. The maximum Gasteiger partial charge on any atom is 0.258 e. The van der Waals surface area contributed by atoms with Gasteiger partial charge in [0.15, 0.2) is 5.17 Å². The van der Waals surface area contributed by atoms with E-state index in [1.54, 1.807) is 39.3 Å². The van der Waals surface area contributed by atoms with Gasteiger partial charge in [-0.3, -0.25) is 14.6 Å². The number of fused-ring (bicyclic) bond motifs is 3. The Kier molecular flexibility index (Phi) is 5.45. The van der Waals surface area contributed by atoms with Crippen LogP contribution in [0.4, 0.5) is 11.4 Å². The summed E-state index contributed by atoms with van der Waals surface area (Å²) in [5.41, 5.74) is 2.10. The topological polar surface area (TPSA) is 92.6 Å². The van der Waals surface area contributed by atoms with Crippen LogP contribution in [-0.4, -0.2) is 53.7 Å². The molecule has 154 valence electrons. The van der Waals surface area contributed by atoms with E-state index in [1.165, 1.54) is 16.7 Å². The summed E-state index contributed by atoms with van der Waals surface area (Å²) in [4.78, 5) is 35.7. The molecule has 2 heterocycles. The number of nitrogens with zero attached hydrogens (tertiary/aromatic N) is 3. The van der Waals surface area contributed by atoms with Gasteiger partial charge in [0.1, 0.15) is 23.4 Å². The van der Waals surface area contributed by atoms with Crippen molar-refractivity contribution in [3.63, 3.8) is 0 Å². The molecule has 4 rings (SSSR count). The highest BCUT2D eigenvalue weighted by Crippen LogP contribution is 2.33. The number of amidine groups is 2. The molecule has 2 aromatic rings. The van der Waals surface area contributed by atoms with E-state index in [2.05, 4.69) is 15.3 Å². The van der Waals surface area contributed by atoms with Gasteiger partial charge in [-0.2, -0.15) is 0 Å². The third-order valence-electron chi connectivity index (χ3n) is 4.63. The molecule has 0 aromatic heterocycles. The van der Waals surface area contributed by atoms with E-state index in [4.69, 9.17) is 9.47 Å². The van der Waals surface area contributed by atoms with Crippen LogP contribution in [0, 0.1) is 0 Å². The lowest BCUT2D eigenvalue weighted by atomic mass is 10.1. The standard InChI is InChI=1S/C21H20N4O4S/c1-12-20(27)25-19(22-12)16-6-4-5-7-17(16)24-21(25)30-11-18(26)23-13-8-14(28-2)10-15(9-13)29-3/h4-10,12H,11H2,1-3H3,(H,23,26)/t12-/m1/s1. The van der Waals surface area contributed by atoms with Crippen molar-refractivity contribution in [2.45, 2.75) is 13.0 Å². The number of carbonyl (C=O) groups is 2. The Hall–Kier alpha value is -3.33. The fourth-order valence-electron chi connectivity index (χ4n) is 3.18. The normalized spacial score (nSPS) is 17.0. The fourth-order valence-corrected chi connectivity index (χ4v) is 3.98. The number of benzene rings is 2. The molecule has 0 saturated carbocycles. The molecule has 2 aromatic carbocycles. The van der Waals surface area contributed by atoms with E-state index < -0.39 is 6.04 Å². The smallest absolute Gasteiger partial charge is 0.258 e. The average Bonchev–Trinajstić information content (AvgIpc) is 3.06. The Morgan fingerprint density at radius 2 is 1.87 bits per heavy atom. The molecule has 2 amide bonds. The largest absolute Gasteiger partial charge is 0.497 e. The number of aliphatic imine (C=N–C) groups is 2. The molecular formula is C21H20N4O4S. The fraction of sp³-hybridized carbons (Fsp3) is 0.238. The minimum atomic E-state index is -0.477. The van der Waals surface area contributed by atoms with Gasteiger partial charge in [0.05, 0.1) is 25.7 Å². The second-order valence-corrected chi connectivity index (χ2v) is 7.59. The second-order valence-electron chi connectivity index (χ2n) is 6.65. The molecule has 0 saturated heterocycles. The highest BCUT2D eigenvalue weighted by atomic mass is 32.2. The summed E-state index contributed by atoms with van der Waals surface area (Å²) in [5.74, 6) is 1.41. The average molecular weight is 424 g/mol. The van der Waals surface area contributed by atoms with Crippen LogP contribution >= 0.6 is 11.8 Å². The lowest BCUT2D eigenvalue weighted by molar-refractivity contribution is -0.124. The van der Waals surface area contributed by atoms with Gasteiger partial charge in [-0.15, -0.1) is 0 Å². The summed E-state index contributed by atoms with van der Waals surface area (Å²) in [7, 11) is 3.09. The van der Waals surface area contributed by atoms with Crippen molar-refractivity contribution in [3.05, 3.63) is 48.0 Å². The van der Waals surface area contributed by atoms with E-state index in [0.29, 0.717) is 28.2 Å². The summed E-state index contributed by atoms with van der Waals surface area (Å²) in [6.45, 7) is 1.75. The second kappa shape index (κ2) is 8.19. The van der Waals surface area contributed by atoms with Gasteiger partial charge in [0.25, 0.3) is 5.91 Å². The summed E-state index contributed by atoms with van der Waals surface area (Å²) in [5, 5.41) is 3.27. The van der Waals surface area contributed by atoms with Crippen molar-refractivity contribution in [1.29, 1.82) is 0 Å². The number of amides is 2. The third kappa shape index (κ3) is 3.76. The molecular weight excluding hydrogens is 404 g/mol. The molecule has 1 N–H and O–H groups in total. The van der Waals surface area contributed by atoms with Crippen molar-refractivity contribution in [2.24, 2.45) is 9.98 Å². The molecule has 8 nitrogen and oxygen atoms in total. The Morgan fingerprint density at radius 1 is 1.17 bits per heavy atom. The maximum atomic E-state index is 12.6. The van der Waals surface area contributed by atoms with Crippen molar-refractivity contribution in [2.75, 3.05) is 25.3 Å². The monoisotopic (exact) mass is 424 g/mol. The summed E-state index contributed by atoms with van der Waals surface area (Å²) < 4.78 is 10.4. The van der Waals surface area contributed by atoms with Gasteiger partial charge in [0, 0.05) is 29.4 Å². The van der Waals surface area contributed by atoms with Crippen LogP contribution in [0.5, 0.6) is 11.5 Å².